The number of benzene rings is 2. The van der Waals surface area contributed by atoms with E-state index >= 15 is 0 Å². The number of hydrogen-bond donors (Lipinski definition) is 1. The van der Waals surface area contributed by atoms with Gasteiger partial charge in [0, 0.05) is 31.3 Å². The topological polar surface area (TPSA) is 67.9 Å². The molecule has 1 fully saturated rings. The van der Waals surface area contributed by atoms with E-state index in [1.807, 2.05) is 44.2 Å². The van der Waals surface area contributed by atoms with Gasteiger partial charge in [-0.05, 0) is 31.0 Å². The van der Waals surface area contributed by atoms with Crippen LogP contribution in [-0.2, 0) is 16.1 Å². The van der Waals surface area contributed by atoms with Crippen LogP contribution in [0.15, 0.2) is 36.4 Å². The van der Waals surface area contributed by atoms with Crippen LogP contribution in [-0.4, -0.2) is 37.5 Å². The summed E-state index contributed by atoms with van der Waals surface area (Å²) in [6.07, 6.45) is 0.226. The fraction of sp³-hybridized carbons (Fsp3) is 0.364. The molecular weight excluding hydrogens is 356 g/mol. The van der Waals surface area contributed by atoms with E-state index in [1.165, 1.54) is 5.56 Å². The molecule has 1 saturated heterocycles. The maximum absolute atomic E-state index is 12.7. The molecule has 0 aliphatic carbocycles. The zero-order valence-corrected chi connectivity index (χ0v) is 16.7. The molecule has 6 heteroatoms. The quantitative estimate of drug-likeness (QED) is 0.832. The smallest absolute Gasteiger partial charge is 0.229 e. The second-order valence-corrected chi connectivity index (χ2v) is 7.17. The van der Waals surface area contributed by atoms with Gasteiger partial charge in [-0.15, -0.1) is 0 Å². The van der Waals surface area contributed by atoms with E-state index in [-0.39, 0.29) is 24.2 Å². The van der Waals surface area contributed by atoms with Gasteiger partial charge in [0.1, 0.15) is 0 Å². The average Bonchev–Trinajstić information content (AvgIpc) is 3.05. The van der Waals surface area contributed by atoms with Crippen molar-refractivity contribution in [1.29, 1.82) is 0 Å². The SMILES string of the molecule is COc1cc(C)c(NC(=O)[C@@H]2CC(=O)N(Cc3ccc(C)cc3)C2)cc1OC. The monoisotopic (exact) mass is 382 g/mol. The summed E-state index contributed by atoms with van der Waals surface area (Å²) < 4.78 is 10.6. The van der Waals surface area contributed by atoms with E-state index in [4.69, 9.17) is 9.47 Å². The second-order valence-electron chi connectivity index (χ2n) is 7.17. The first-order valence-electron chi connectivity index (χ1n) is 9.28. The molecule has 28 heavy (non-hydrogen) atoms. The Labute approximate surface area is 165 Å². The van der Waals surface area contributed by atoms with E-state index < -0.39 is 0 Å². The number of amides is 2. The summed E-state index contributed by atoms with van der Waals surface area (Å²) in [7, 11) is 3.12. The van der Waals surface area contributed by atoms with Gasteiger partial charge in [0.25, 0.3) is 0 Å². The average molecular weight is 382 g/mol. The van der Waals surface area contributed by atoms with Gasteiger partial charge in [-0.3, -0.25) is 9.59 Å². The first-order valence-corrected chi connectivity index (χ1v) is 9.28. The van der Waals surface area contributed by atoms with Crippen molar-refractivity contribution in [3.8, 4) is 11.5 Å². The first-order chi connectivity index (χ1) is 13.4. The fourth-order valence-electron chi connectivity index (χ4n) is 3.36. The van der Waals surface area contributed by atoms with Crippen molar-refractivity contribution >= 4 is 17.5 Å². The van der Waals surface area contributed by atoms with Gasteiger partial charge >= 0.3 is 0 Å². The highest BCUT2D eigenvalue weighted by Crippen LogP contribution is 2.33. The highest BCUT2D eigenvalue weighted by atomic mass is 16.5. The van der Waals surface area contributed by atoms with E-state index in [9.17, 15) is 9.59 Å². The number of carbonyl (C=O) groups is 2. The number of aryl methyl sites for hydroxylation is 2. The number of likely N-dealkylation sites (tertiary alicyclic amines) is 1. The van der Waals surface area contributed by atoms with Crippen LogP contribution in [0.1, 0.15) is 23.1 Å². The Balaban J connectivity index is 1.67. The Morgan fingerprint density at radius 2 is 1.75 bits per heavy atom. The lowest BCUT2D eigenvalue weighted by molar-refractivity contribution is -0.128. The van der Waals surface area contributed by atoms with Crippen LogP contribution in [0.2, 0.25) is 0 Å². The van der Waals surface area contributed by atoms with Crippen molar-refractivity contribution in [3.63, 3.8) is 0 Å². The van der Waals surface area contributed by atoms with Gasteiger partial charge in [0.2, 0.25) is 11.8 Å². The van der Waals surface area contributed by atoms with Crippen LogP contribution >= 0.6 is 0 Å². The van der Waals surface area contributed by atoms with Crippen molar-refractivity contribution in [1.82, 2.24) is 4.90 Å². The Kier molecular flexibility index (Phi) is 5.87. The molecular formula is C22H26N2O4. The number of ether oxygens (including phenoxy) is 2. The number of nitrogens with one attached hydrogen (secondary N) is 1. The molecule has 3 rings (SSSR count). The van der Waals surface area contributed by atoms with Crippen molar-refractivity contribution in [2.45, 2.75) is 26.8 Å². The van der Waals surface area contributed by atoms with E-state index in [2.05, 4.69) is 5.32 Å². The maximum Gasteiger partial charge on any atom is 0.229 e. The number of carbonyl (C=O) groups excluding carboxylic acids is 2. The number of hydrogen-bond acceptors (Lipinski definition) is 4. The third kappa shape index (κ3) is 4.27. The molecule has 2 aromatic carbocycles. The van der Waals surface area contributed by atoms with E-state index in [0.717, 1.165) is 11.1 Å². The summed E-state index contributed by atoms with van der Waals surface area (Å²) in [6, 6.07) is 11.6. The normalized spacial score (nSPS) is 16.2. The maximum atomic E-state index is 12.7. The molecule has 1 N–H and O–H groups in total. The summed E-state index contributed by atoms with van der Waals surface area (Å²) in [4.78, 5) is 26.9. The molecule has 6 nitrogen and oxygen atoms in total. The minimum absolute atomic E-state index is 0.00441. The number of anilines is 1. The van der Waals surface area contributed by atoms with E-state index in [0.29, 0.717) is 30.3 Å². The molecule has 0 saturated carbocycles. The Morgan fingerprint density at radius 3 is 2.39 bits per heavy atom. The van der Waals surface area contributed by atoms with E-state index in [1.54, 1.807) is 25.2 Å². The Hall–Kier alpha value is -3.02. The highest BCUT2D eigenvalue weighted by molar-refractivity contribution is 5.98. The number of methoxy groups -OCH3 is 2. The van der Waals surface area contributed by atoms with Crippen molar-refractivity contribution in [2.24, 2.45) is 5.92 Å². The number of rotatable bonds is 6. The minimum Gasteiger partial charge on any atom is -0.493 e. The third-order valence-corrected chi connectivity index (χ3v) is 5.07. The lowest BCUT2D eigenvalue weighted by Crippen LogP contribution is -2.28. The van der Waals surface area contributed by atoms with Crippen molar-refractivity contribution in [3.05, 3.63) is 53.1 Å². The largest absolute Gasteiger partial charge is 0.493 e. The standard InChI is InChI=1S/C22H26N2O4/c1-14-5-7-16(8-6-14)12-24-13-17(10-21(24)25)22(26)23-18-11-20(28-4)19(27-3)9-15(18)2/h5-9,11,17H,10,12-13H2,1-4H3,(H,23,26)/t17-/m1/s1. The molecule has 2 aromatic rings. The molecule has 0 bridgehead atoms. The predicted octanol–water partition coefficient (Wildman–Crippen LogP) is 3.31. The molecule has 0 aromatic heterocycles. The molecule has 1 aliphatic heterocycles. The van der Waals surface area contributed by atoms with Crippen LogP contribution in [0.25, 0.3) is 0 Å². The molecule has 0 unspecified atom stereocenters. The minimum atomic E-state index is -0.370. The summed E-state index contributed by atoms with van der Waals surface area (Å²) in [5, 5.41) is 2.94. The molecule has 148 valence electrons. The lowest BCUT2D eigenvalue weighted by Gasteiger charge is -2.18. The van der Waals surface area contributed by atoms with Crippen LogP contribution in [0.5, 0.6) is 11.5 Å². The highest BCUT2D eigenvalue weighted by Gasteiger charge is 2.34. The zero-order valence-electron chi connectivity index (χ0n) is 16.7. The van der Waals surface area contributed by atoms with Gasteiger partial charge in [-0.2, -0.15) is 0 Å². The van der Waals surface area contributed by atoms with Crippen LogP contribution in [0, 0.1) is 19.8 Å². The van der Waals surface area contributed by atoms with Crippen molar-refractivity contribution < 1.29 is 19.1 Å². The van der Waals surface area contributed by atoms with Gasteiger partial charge < -0.3 is 19.7 Å². The summed E-state index contributed by atoms with van der Waals surface area (Å²) in [6.45, 7) is 4.87. The van der Waals surface area contributed by atoms with Gasteiger partial charge in [-0.25, -0.2) is 0 Å². The van der Waals surface area contributed by atoms with Crippen LogP contribution in [0.3, 0.4) is 0 Å². The Morgan fingerprint density at radius 1 is 1.11 bits per heavy atom. The molecule has 0 spiro atoms. The summed E-state index contributed by atoms with van der Waals surface area (Å²) in [5.41, 5.74) is 3.77. The molecule has 1 heterocycles. The fourth-order valence-corrected chi connectivity index (χ4v) is 3.36. The van der Waals surface area contributed by atoms with Gasteiger partial charge in [0.15, 0.2) is 11.5 Å². The van der Waals surface area contributed by atoms with Crippen molar-refractivity contribution in [2.75, 3.05) is 26.1 Å². The molecule has 1 atom stereocenters. The molecule has 1 aliphatic rings. The third-order valence-electron chi connectivity index (χ3n) is 5.07. The molecule has 2 amide bonds. The predicted molar refractivity (Wildman–Crippen MR) is 108 cm³/mol. The van der Waals surface area contributed by atoms with Crippen LogP contribution < -0.4 is 14.8 Å². The van der Waals surface area contributed by atoms with Gasteiger partial charge in [-0.1, -0.05) is 29.8 Å². The summed E-state index contributed by atoms with van der Waals surface area (Å²) in [5.74, 6) is 0.635. The second kappa shape index (κ2) is 8.33. The van der Waals surface area contributed by atoms with Gasteiger partial charge in [0.05, 0.1) is 20.1 Å². The molecule has 0 radical (unpaired) electrons. The lowest BCUT2D eigenvalue weighted by atomic mass is 10.1. The number of nitrogens with zero attached hydrogens (tertiary/aromatic N) is 1. The zero-order chi connectivity index (χ0) is 20.3. The Bertz CT molecular complexity index is 877. The summed E-state index contributed by atoms with van der Waals surface area (Å²) >= 11 is 0. The van der Waals surface area contributed by atoms with Crippen LogP contribution in [0.4, 0.5) is 5.69 Å². The first kappa shape index (κ1) is 19.7.